The van der Waals surface area contributed by atoms with Crippen molar-refractivity contribution < 1.29 is 9.47 Å². The quantitative estimate of drug-likeness (QED) is 0.843. The van der Waals surface area contributed by atoms with Crippen LogP contribution in [0.4, 0.5) is 0 Å². The molecule has 0 bridgehead atoms. The Morgan fingerprint density at radius 2 is 1.95 bits per heavy atom. The Morgan fingerprint density at radius 1 is 1.30 bits per heavy atom. The summed E-state index contributed by atoms with van der Waals surface area (Å²) in [5, 5.41) is 0. The molecule has 20 heavy (non-hydrogen) atoms. The molecule has 1 rings (SSSR count). The van der Waals surface area contributed by atoms with E-state index in [9.17, 15) is 0 Å². The van der Waals surface area contributed by atoms with Gasteiger partial charge >= 0.3 is 0 Å². The molecular formula is C16H26BrNO2. The number of hydrogen-bond acceptors (Lipinski definition) is 3. The third-order valence-electron chi connectivity index (χ3n) is 2.95. The molecule has 0 aliphatic rings. The Hall–Kier alpha value is -0.740. The first-order chi connectivity index (χ1) is 9.23. The van der Waals surface area contributed by atoms with Gasteiger partial charge < -0.3 is 15.2 Å². The van der Waals surface area contributed by atoms with Gasteiger partial charge in [0.05, 0.1) is 18.2 Å². The SMILES string of the molecule is COc1cc(CC(C)N)cc(Br)c1OCCC(C)(C)C. The highest BCUT2D eigenvalue weighted by atomic mass is 79.9. The fourth-order valence-electron chi connectivity index (χ4n) is 1.86. The maximum absolute atomic E-state index is 5.89. The molecule has 1 unspecified atom stereocenters. The molecule has 1 aromatic carbocycles. The lowest BCUT2D eigenvalue weighted by Crippen LogP contribution is -2.18. The highest BCUT2D eigenvalue weighted by molar-refractivity contribution is 9.10. The van der Waals surface area contributed by atoms with E-state index in [0.717, 1.165) is 34.4 Å². The summed E-state index contributed by atoms with van der Waals surface area (Å²) < 4.78 is 12.2. The minimum Gasteiger partial charge on any atom is -0.493 e. The third-order valence-corrected chi connectivity index (χ3v) is 3.53. The molecule has 1 aromatic rings. The van der Waals surface area contributed by atoms with Crippen molar-refractivity contribution >= 4 is 15.9 Å². The van der Waals surface area contributed by atoms with Gasteiger partial charge in [-0.2, -0.15) is 0 Å². The van der Waals surface area contributed by atoms with E-state index in [-0.39, 0.29) is 11.5 Å². The number of methoxy groups -OCH3 is 1. The molecule has 1 atom stereocenters. The molecule has 0 amide bonds. The summed E-state index contributed by atoms with van der Waals surface area (Å²) in [4.78, 5) is 0. The fourth-order valence-corrected chi connectivity index (χ4v) is 2.47. The van der Waals surface area contributed by atoms with E-state index in [1.807, 2.05) is 13.0 Å². The molecule has 3 nitrogen and oxygen atoms in total. The number of nitrogens with two attached hydrogens (primary N) is 1. The first-order valence-electron chi connectivity index (χ1n) is 6.97. The molecule has 0 aliphatic carbocycles. The molecule has 0 saturated heterocycles. The second-order valence-electron chi connectivity index (χ2n) is 6.45. The third kappa shape index (κ3) is 5.71. The number of rotatable bonds is 6. The number of ether oxygens (including phenoxy) is 2. The molecule has 0 heterocycles. The summed E-state index contributed by atoms with van der Waals surface area (Å²) >= 11 is 3.56. The molecule has 0 spiro atoms. The largest absolute Gasteiger partial charge is 0.493 e. The van der Waals surface area contributed by atoms with Crippen LogP contribution in [0, 0.1) is 5.41 Å². The normalized spacial score (nSPS) is 13.2. The van der Waals surface area contributed by atoms with E-state index in [4.69, 9.17) is 15.2 Å². The van der Waals surface area contributed by atoms with Gasteiger partial charge in [-0.1, -0.05) is 20.8 Å². The maximum Gasteiger partial charge on any atom is 0.175 e. The fraction of sp³-hybridized carbons (Fsp3) is 0.625. The Bertz CT molecular complexity index is 439. The topological polar surface area (TPSA) is 44.5 Å². The second-order valence-corrected chi connectivity index (χ2v) is 7.30. The average molecular weight is 344 g/mol. The van der Waals surface area contributed by atoms with Gasteiger partial charge in [-0.3, -0.25) is 0 Å². The van der Waals surface area contributed by atoms with E-state index in [2.05, 4.69) is 42.8 Å². The summed E-state index contributed by atoms with van der Waals surface area (Å²) in [6, 6.07) is 4.18. The minimum atomic E-state index is 0.124. The van der Waals surface area contributed by atoms with Crippen molar-refractivity contribution in [3.63, 3.8) is 0 Å². The van der Waals surface area contributed by atoms with Crippen LogP contribution in [0.1, 0.15) is 39.7 Å². The van der Waals surface area contributed by atoms with Crippen LogP contribution in [-0.2, 0) is 6.42 Å². The van der Waals surface area contributed by atoms with Gasteiger partial charge in [0.15, 0.2) is 11.5 Å². The summed E-state index contributed by atoms with van der Waals surface area (Å²) in [7, 11) is 1.66. The van der Waals surface area contributed by atoms with Gasteiger partial charge in [0.1, 0.15) is 0 Å². The lowest BCUT2D eigenvalue weighted by Gasteiger charge is -2.20. The average Bonchev–Trinajstić information content (AvgIpc) is 2.29. The summed E-state index contributed by atoms with van der Waals surface area (Å²) in [5.74, 6) is 1.52. The van der Waals surface area contributed by atoms with Crippen LogP contribution in [0.25, 0.3) is 0 Å². The molecule has 0 fully saturated rings. The molecule has 114 valence electrons. The number of halogens is 1. The van der Waals surface area contributed by atoms with Crippen molar-refractivity contribution in [2.45, 2.75) is 46.6 Å². The second kappa shape index (κ2) is 7.32. The van der Waals surface area contributed by atoms with Gasteiger partial charge in [-0.25, -0.2) is 0 Å². The van der Waals surface area contributed by atoms with Crippen LogP contribution in [-0.4, -0.2) is 19.8 Å². The summed E-state index contributed by atoms with van der Waals surface area (Å²) in [6.45, 7) is 9.27. The highest BCUT2D eigenvalue weighted by Crippen LogP contribution is 2.37. The zero-order chi connectivity index (χ0) is 15.3. The van der Waals surface area contributed by atoms with Gasteiger partial charge in [-0.15, -0.1) is 0 Å². The van der Waals surface area contributed by atoms with Gasteiger partial charge in [0.25, 0.3) is 0 Å². The minimum absolute atomic E-state index is 0.124. The van der Waals surface area contributed by atoms with Crippen LogP contribution in [0.3, 0.4) is 0 Å². The smallest absolute Gasteiger partial charge is 0.175 e. The predicted molar refractivity (Wildman–Crippen MR) is 87.6 cm³/mol. The first-order valence-corrected chi connectivity index (χ1v) is 7.77. The zero-order valence-corrected chi connectivity index (χ0v) is 14.7. The van der Waals surface area contributed by atoms with Crippen LogP contribution >= 0.6 is 15.9 Å². The summed E-state index contributed by atoms with van der Waals surface area (Å²) in [6.07, 6.45) is 1.81. The molecular weight excluding hydrogens is 318 g/mol. The first kappa shape index (κ1) is 17.3. The van der Waals surface area contributed by atoms with Gasteiger partial charge in [0.2, 0.25) is 0 Å². The van der Waals surface area contributed by atoms with E-state index in [1.54, 1.807) is 7.11 Å². The number of hydrogen-bond donors (Lipinski definition) is 1. The van der Waals surface area contributed by atoms with E-state index in [0.29, 0.717) is 6.61 Å². The van der Waals surface area contributed by atoms with E-state index >= 15 is 0 Å². The van der Waals surface area contributed by atoms with Crippen LogP contribution in [0.15, 0.2) is 16.6 Å². The Kier molecular flexibility index (Phi) is 6.34. The lowest BCUT2D eigenvalue weighted by molar-refractivity contribution is 0.233. The van der Waals surface area contributed by atoms with Crippen molar-refractivity contribution in [1.29, 1.82) is 0 Å². The Morgan fingerprint density at radius 3 is 2.45 bits per heavy atom. The van der Waals surface area contributed by atoms with Crippen molar-refractivity contribution in [3.05, 3.63) is 22.2 Å². The molecule has 0 aliphatic heterocycles. The Balaban J connectivity index is 2.85. The molecule has 0 aromatic heterocycles. The maximum atomic E-state index is 5.89. The molecule has 4 heteroatoms. The van der Waals surface area contributed by atoms with Crippen LogP contribution < -0.4 is 15.2 Å². The monoisotopic (exact) mass is 343 g/mol. The van der Waals surface area contributed by atoms with Gasteiger partial charge in [0, 0.05) is 6.04 Å². The van der Waals surface area contributed by atoms with Crippen LogP contribution in [0.2, 0.25) is 0 Å². The zero-order valence-electron chi connectivity index (χ0n) is 13.1. The molecule has 2 N–H and O–H groups in total. The molecule has 0 saturated carbocycles. The Labute approximate surface area is 131 Å². The molecule has 0 radical (unpaired) electrons. The van der Waals surface area contributed by atoms with E-state index in [1.165, 1.54) is 0 Å². The van der Waals surface area contributed by atoms with Crippen molar-refractivity contribution in [2.75, 3.05) is 13.7 Å². The van der Waals surface area contributed by atoms with Crippen LogP contribution in [0.5, 0.6) is 11.5 Å². The standard InChI is InChI=1S/C16H26BrNO2/c1-11(18)8-12-9-13(17)15(14(10-12)19-5)20-7-6-16(2,3)4/h9-11H,6-8,18H2,1-5H3. The van der Waals surface area contributed by atoms with E-state index < -0.39 is 0 Å². The summed E-state index contributed by atoms with van der Waals surface area (Å²) in [5.41, 5.74) is 7.25. The number of benzene rings is 1. The van der Waals surface area contributed by atoms with Crippen molar-refractivity contribution in [1.82, 2.24) is 0 Å². The lowest BCUT2D eigenvalue weighted by atomic mass is 9.93. The van der Waals surface area contributed by atoms with Crippen molar-refractivity contribution in [3.8, 4) is 11.5 Å². The predicted octanol–water partition coefficient (Wildman–Crippen LogP) is 4.16. The van der Waals surface area contributed by atoms with Gasteiger partial charge in [-0.05, 0) is 58.8 Å². The highest BCUT2D eigenvalue weighted by Gasteiger charge is 2.15. The van der Waals surface area contributed by atoms with Crippen molar-refractivity contribution in [2.24, 2.45) is 11.1 Å².